The number of hydrogen-bond acceptors (Lipinski definition) is 2. The van der Waals surface area contributed by atoms with Crippen LogP contribution >= 0.6 is 0 Å². The summed E-state index contributed by atoms with van der Waals surface area (Å²) >= 11 is 0. The molecule has 6 rings (SSSR count). The highest BCUT2D eigenvalue weighted by atomic mass is 19.4. The Bertz CT molecular complexity index is 1420. The Balaban J connectivity index is 1.32. The van der Waals surface area contributed by atoms with Crippen LogP contribution in [0.1, 0.15) is 43.0 Å². The Labute approximate surface area is 218 Å². The van der Waals surface area contributed by atoms with Crippen LogP contribution in [0.2, 0.25) is 0 Å². The monoisotopic (exact) mass is 525 g/mol. The first-order valence-corrected chi connectivity index (χ1v) is 12.9. The van der Waals surface area contributed by atoms with Gasteiger partial charge in [-0.3, -0.25) is 0 Å². The third-order valence-corrected chi connectivity index (χ3v) is 8.59. The lowest BCUT2D eigenvalue weighted by molar-refractivity contribution is -0.187. The third-order valence-electron chi connectivity index (χ3n) is 8.59. The van der Waals surface area contributed by atoms with E-state index in [1.165, 1.54) is 29.8 Å². The van der Waals surface area contributed by atoms with Gasteiger partial charge in [0.2, 0.25) is 0 Å². The molecule has 0 saturated heterocycles. The van der Waals surface area contributed by atoms with Gasteiger partial charge in [-0.05, 0) is 85.2 Å². The number of fused-ring (bicyclic) bond motifs is 4. The maximum Gasteiger partial charge on any atom is 0.393 e. The number of nitrogens with one attached hydrogen (secondary N) is 1. The molecule has 2 aromatic carbocycles. The molecule has 8 heteroatoms. The molecule has 1 fully saturated rings. The number of alkyl halides is 3. The summed E-state index contributed by atoms with van der Waals surface area (Å²) in [5.41, 5.74) is 5.17. The second kappa shape index (κ2) is 9.19. The molecular weight excluding hydrogens is 497 g/mol. The smallest absolute Gasteiger partial charge is 0.309 e. The zero-order valence-corrected chi connectivity index (χ0v) is 20.9. The number of allylic oxidation sites excluding steroid dienone is 2. The summed E-state index contributed by atoms with van der Waals surface area (Å²) < 4.78 is 71.5. The van der Waals surface area contributed by atoms with Crippen molar-refractivity contribution in [2.24, 2.45) is 17.3 Å². The van der Waals surface area contributed by atoms with E-state index in [9.17, 15) is 22.0 Å². The van der Waals surface area contributed by atoms with Crippen LogP contribution in [0.3, 0.4) is 0 Å². The van der Waals surface area contributed by atoms with E-state index >= 15 is 0 Å². The molecule has 1 N–H and O–H groups in total. The quantitative estimate of drug-likeness (QED) is 0.289. The van der Waals surface area contributed by atoms with Crippen molar-refractivity contribution in [1.82, 2.24) is 15.1 Å². The zero-order valence-electron chi connectivity index (χ0n) is 20.9. The number of aromatic nitrogens is 2. The van der Waals surface area contributed by atoms with E-state index in [4.69, 9.17) is 0 Å². The van der Waals surface area contributed by atoms with Crippen LogP contribution in [0.4, 0.5) is 22.0 Å². The second-order valence-electron chi connectivity index (χ2n) is 10.8. The van der Waals surface area contributed by atoms with E-state index < -0.39 is 29.4 Å². The first kappa shape index (κ1) is 25.0. The lowest BCUT2D eigenvalue weighted by Crippen LogP contribution is -2.53. The van der Waals surface area contributed by atoms with Gasteiger partial charge in [-0.25, -0.2) is 13.5 Å². The van der Waals surface area contributed by atoms with Crippen LogP contribution < -0.4 is 5.32 Å². The summed E-state index contributed by atoms with van der Waals surface area (Å²) in [5, 5.41) is 7.75. The Kier molecular flexibility index (Phi) is 6.05. The van der Waals surface area contributed by atoms with E-state index in [0.29, 0.717) is 24.8 Å². The maximum atomic E-state index is 14.2. The molecule has 3 aliphatic carbocycles. The summed E-state index contributed by atoms with van der Waals surface area (Å²) in [4.78, 5) is 0. The van der Waals surface area contributed by atoms with Crippen molar-refractivity contribution in [3.63, 3.8) is 0 Å². The van der Waals surface area contributed by atoms with Gasteiger partial charge in [0.25, 0.3) is 0 Å². The van der Waals surface area contributed by atoms with Gasteiger partial charge in [-0.1, -0.05) is 36.3 Å². The molecule has 0 aliphatic heterocycles. The Morgan fingerprint density at radius 1 is 1.08 bits per heavy atom. The summed E-state index contributed by atoms with van der Waals surface area (Å²) in [6.07, 6.45) is 3.25. The van der Waals surface area contributed by atoms with Crippen LogP contribution in [-0.2, 0) is 13.0 Å². The topological polar surface area (TPSA) is 29.9 Å². The van der Waals surface area contributed by atoms with Gasteiger partial charge in [0.15, 0.2) is 0 Å². The highest BCUT2D eigenvalue weighted by Crippen LogP contribution is 2.57. The van der Waals surface area contributed by atoms with Crippen molar-refractivity contribution in [3.8, 4) is 5.69 Å². The van der Waals surface area contributed by atoms with Gasteiger partial charge in [0.05, 0.1) is 23.5 Å². The van der Waals surface area contributed by atoms with Crippen LogP contribution in [0.5, 0.6) is 0 Å². The van der Waals surface area contributed by atoms with Gasteiger partial charge in [-0.15, -0.1) is 0 Å². The molecule has 3 aliphatic rings. The van der Waals surface area contributed by atoms with Gasteiger partial charge >= 0.3 is 6.18 Å². The highest BCUT2D eigenvalue weighted by Gasteiger charge is 2.54. The normalized spacial score (nSPS) is 26.6. The standard InChI is InChI=1S/C30H28F5N3/c1-29-15-19-17-37-38(23-8-6-21(31)7-9-23)27(19)14-20(29)5-10-24-25(29)11-12-26(30(33,34)35)28(24)36-16-18-3-2-4-22(32)13-18/h2-4,6-9,11,13-14,17,24,26,28,36H,5,10,12,15-16H2,1H3/t24-,26+,28+,29-/m0/s1. The fourth-order valence-corrected chi connectivity index (χ4v) is 6.73. The number of hydrogen-bond donors (Lipinski definition) is 1. The van der Waals surface area contributed by atoms with Gasteiger partial charge in [0.1, 0.15) is 11.6 Å². The SMILES string of the molecule is C[C@]12Cc3cnn(-c4ccc(F)cc4)c3C=C1CC[C@H]1C2=CC[C@@H](C(F)(F)F)[C@@H]1NCc1cccc(F)c1. The van der Waals surface area contributed by atoms with Gasteiger partial charge in [-0.2, -0.15) is 18.3 Å². The number of benzene rings is 2. The minimum atomic E-state index is -4.34. The largest absolute Gasteiger partial charge is 0.393 e. The predicted molar refractivity (Wildman–Crippen MR) is 135 cm³/mol. The van der Waals surface area contributed by atoms with Crippen molar-refractivity contribution in [2.75, 3.05) is 0 Å². The molecule has 0 spiro atoms. The van der Waals surface area contributed by atoms with E-state index in [2.05, 4.69) is 23.4 Å². The van der Waals surface area contributed by atoms with Gasteiger partial charge in [0, 0.05) is 18.0 Å². The molecule has 1 saturated carbocycles. The summed E-state index contributed by atoms with van der Waals surface area (Å²) in [7, 11) is 0. The Hall–Kier alpha value is -3.26. The second-order valence-corrected chi connectivity index (χ2v) is 10.8. The maximum absolute atomic E-state index is 14.2. The van der Waals surface area contributed by atoms with Crippen molar-refractivity contribution in [3.05, 3.63) is 100 Å². The molecule has 3 nitrogen and oxygen atoms in total. The van der Waals surface area contributed by atoms with Crippen molar-refractivity contribution in [2.45, 2.75) is 51.4 Å². The zero-order chi connectivity index (χ0) is 26.7. The molecule has 1 heterocycles. The molecule has 198 valence electrons. The van der Waals surface area contributed by atoms with Crippen molar-refractivity contribution < 1.29 is 22.0 Å². The van der Waals surface area contributed by atoms with Crippen LogP contribution in [0.15, 0.2) is 72.0 Å². The first-order valence-electron chi connectivity index (χ1n) is 12.9. The van der Waals surface area contributed by atoms with Crippen molar-refractivity contribution >= 4 is 6.08 Å². The average molecular weight is 526 g/mol. The molecule has 1 aromatic heterocycles. The fraction of sp³-hybridized carbons (Fsp3) is 0.367. The number of halogens is 5. The Morgan fingerprint density at radius 2 is 1.87 bits per heavy atom. The van der Waals surface area contributed by atoms with E-state index in [-0.39, 0.29) is 24.7 Å². The third kappa shape index (κ3) is 4.28. The number of rotatable bonds is 4. The van der Waals surface area contributed by atoms with Crippen LogP contribution in [0, 0.1) is 28.9 Å². The molecule has 0 radical (unpaired) electrons. The average Bonchev–Trinajstić information content (AvgIpc) is 3.27. The van der Waals surface area contributed by atoms with Crippen molar-refractivity contribution in [1.29, 1.82) is 0 Å². The molecule has 38 heavy (non-hydrogen) atoms. The number of nitrogens with zero attached hydrogens (tertiary/aromatic N) is 2. The lowest BCUT2D eigenvalue weighted by atomic mass is 9.55. The minimum absolute atomic E-state index is 0.0826. The van der Waals surface area contributed by atoms with E-state index in [1.54, 1.807) is 28.9 Å². The fourth-order valence-electron chi connectivity index (χ4n) is 6.73. The first-order chi connectivity index (χ1) is 18.1. The van der Waals surface area contributed by atoms with E-state index in [0.717, 1.165) is 22.5 Å². The summed E-state index contributed by atoms with van der Waals surface area (Å²) in [6, 6.07) is 11.4. The summed E-state index contributed by atoms with van der Waals surface area (Å²) in [6.45, 7) is 2.30. The van der Waals surface area contributed by atoms with E-state index in [1.807, 2.05) is 12.3 Å². The van der Waals surface area contributed by atoms with Crippen LogP contribution in [-0.4, -0.2) is 22.0 Å². The van der Waals surface area contributed by atoms with Gasteiger partial charge < -0.3 is 5.32 Å². The minimum Gasteiger partial charge on any atom is -0.309 e. The molecule has 3 aromatic rings. The highest BCUT2D eigenvalue weighted by molar-refractivity contribution is 5.63. The Morgan fingerprint density at radius 3 is 2.61 bits per heavy atom. The predicted octanol–water partition coefficient (Wildman–Crippen LogP) is 7.17. The lowest BCUT2D eigenvalue weighted by Gasteiger charge is -2.51. The van der Waals surface area contributed by atoms with Crippen LogP contribution in [0.25, 0.3) is 11.8 Å². The molecule has 0 bridgehead atoms. The molecule has 0 unspecified atom stereocenters. The summed E-state index contributed by atoms with van der Waals surface area (Å²) in [5.74, 6) is -2.50. The molecule has 0 amide bonds. The molecular formula is C30H28F5N3. The molecule has 4 atom stereocenters.